The van der Waals surface area contributed by atoms with Gasteiger partial charge in [-0.15, -0.1) is 6.58 Å². The van der Waals surface area contributed by atoms with Crippen LogP contribution in [0.3, 0.4) is 0 Å². The fourth-order valence-electron chi connectivity index (χ4n) is 2.07. The van der Waals surface area contributed by atoms with Gasteiger partial charge in [-0.25, -0.2) is 0 Å². The largest absolute Gasteiger partial charge is 0.382 e. The fourth-order valence-corrected chi connectivity index (χ4v) is 2.07. The predicted molar refractivity (Wildman–Crippen MR) is 76.5 cm³/mol. The molecule has 0 saturated heterocycles. The van der Waals surface area contributed by atoms with Gasteiger partial charge in [0.2, 0.25) is 0 Å². The summed E-state index contributed by atoms with van der Waals surface area (Å²) in [6.45, 7) is 10.8. The minimum Gasteiger partial charge on any atom is -0.382 e. The van der Waals surface area contributed by atoms with E-state index in [0.29, 0.717) is 6.04 Å². The summed E-state index contributed by atoms with van der Waals surface area (Å²) >= 11 is 0. The Kier molecular flexibility index (Phi) is 13.4. The van der Waals surface area contributed by atoms with Crippen molar-refractivity contribution >= 4 is 0 Å². The van der Waals surface area contributed by atoms with Gasteiger partial charge in [0.05, 0.1) is 0 Å². The fraction of sp³-hybridized carbons (Fsp3) is 0.867. The summed E-state index contributed by atoms with van der Waals surface area (Å²) in [6, 6.07) is 0.684. The second-order valence-electron chi connectivity index (χ2n) is 4.52. The van der Waals surface area contributed by atoms with Crippen LogP contribution in [0.4, 0.5) is 0 Å². The number of rotatable bonds is 13. The summed E-state index contributed by atoms with van der Waals surface area (Å²) in [7, 11) is 0. The Balaban J connectivity index is 3.48. The first-order valence-corrected chi connectivity index (χ1v) is 7.27. The number of hydrogen-bond donors (Lipinski definition) is 1. The molecule has 0 fully saturated rings. The average Bonchev–Trinajstić information content (AvgIpc) is 2.34. The van der Waals surface area contributed by atoms with Crippen LogP contribution in [0.5, 0.6) is 0 Å². The summed E-state index contributed by atoms with van der Waals surface area (Å²) in [4.78, 5) is 0. The van der Waals surface area contributed by atoms with E-state index >= 15 is 0 Å². The molecule has 0 saturated carbocycles. The van der Waals surface area contributed by atoms with E-state index in [1.54, 1.807) is 0 Å². The van der Waals surface area contributed by atoms with Gasteiger partial charge in [0.25, 0.3) is 0 Å². The van der Waals surface area contributed by atoms with Crippen LogP contribution >= 0.6 is 0 Å². The van der Waals surface area contributed by atoms with Crippen LogP contribution in [-0.2, 0) is 4.74 Å². The maximum atomic E-state index is 5.38. The first kappa shape index (κ1) is 16.7. The van der Waals surface area contributed by atoms with Crippen molar-refractivity contribution in [3.05, 3.63) is 12.7 Å². The summed E-state index contributed by atoms with van der Waals surface area (Å²) in [5.41, 5.74) is 0. The highest BCUT2D eigenvalue weighted by molar-refractivity contribution is 4.68. The summed E-state index contributed by atoms with van der Waals surface area (Å²) in [6.07, 6.45) is 10.9. The molecule has 0 heterocycles. The van der Waals surface area contributed by atoms with E-state index in [1.165, 1.54) is 38.5 Å². The molecular weight excluding hydrogens is 210 g/mol. The van der Waals surface area contributed by atoms with Gasteiger partial charge in [-0.1, -0.05) is 25.8 Å². The van der Waals surface area contributed by atoms with Gasteiger partial charge in [-0.05, 0) is 45.6 Å². The third kappa shape index (κ3) is 11.9. The van der Waals surface area contributed by atoms with E-state index in [4.69, 9.17) is 4.74 Å². The standard InChI is InChI=1S/C15H31NO/c1-4-7-8-9-10-12-15(16-5-2)13-11-14-17-6-3/h4,15-16H,1,5-14H2,2-3H3. The first-order valence-electron chi connectivity index (χ1n) is 7.27. The molecule has 2 heteroatoms. The lowest BCUT2D eigenvalue weighted by atomic mass is 10.0. The molecule has 0 bridgehead atoms. The zero-order valence-electron chi connectivity index (χ0n) is 11.8. The molecule has 0 aromatic rings. The van der Waals surface area contributed by atoms with E-state index in [0.717, 1.165) is 26.2 Å². The van der Waals surface area contributed by atoms with Gasteiger partial charge in [0.15, 0.2) is 0 Å². The van der Waals surface area contributed by atoms with Crippen molar-refractivity contribution in [2.24, 2.45) is 0 Å². The molecule has 0 spiro atoms. The highest BCUT2D eigenvalue weighted by Gasteiger charge is 2.06. The number of allylic oxidation sites excluding steroid dienone is 1. The molecule has 0 amide bonds. The molecule has 1 unspecified atom stereocenters. The molecule has 0 aromatic carbocycles. The van der Waals surface area contributed by atoms with E-state index in [9.17, 15) is 0 Å². The average molecular weight is 241 g/mol. The van der Waals surface area contributed by atoms with E-state index < -0.39 is 0 Å². The minimum atomic E-state index is 0.684. The maximum absolute atomic E-state index is 5.38. The van der Waals surface area contributed by atoms with Crippen LogP contribution in [0.15, 0.2) is 12.7 Å². The SMILES string of the molecule is C=CCCCCCC(CCCOCC)NCC. The molecule has 0 aromatic heterocycles. The molecule has 1 N–H and O–H groups in total. The zero-order chi connectivity index (χ0) is 12.8. The van der Waals surface area contributed by atoms with Gasteiger partial charge in [-0.2, -0.15) is 0 Å². The van der Waals surface area contributed by atoms with Crippen molar-refractivity contribution in [3.63, 3.8) is 0 Å². The van der Waals surface area contributed by atoms with Crippen molar-refractivity contribution in [2.75, 3.05) is 19.8 Å². The Morgan fingerprint density at radius 2 is 1.88 bits per heavy atom. The van der Waals surface area contributed by atoms with Crippen molar-refractivity contribution in [3.8, 4) is 0 Å². The third-order valence-electron chi connectivity index (χ3n) is 3.00. The smallest absolute Gasteiger partial charge is 0.0466 e. The molecule has 102 valence electrons. The molecule has 0 aliphatic rings. The molecule has 0 radical (unpaired) electrons. The zero-order valence-corrected chi connectivity index (χ0v) is 11.8. The highest BCUT2D eigenvalue weighted by atomic mass is 16.5. The second-order valence-corrected chi connectivity index (χ2v) is 4.52. The van der Waals surface area contributed by atoms with Crippen LogP contribution < -0.4 is 5.32 Å². The Morgan fingerprint density at radius 3 is 2.53 bits per heavy atom. The van der Waals surface area contributed by atoms with Crippen molar-refractivity contribution in [2.45, 2.75) is 64.8 Å². The first-order chi connectivity index (χ1) is 8.35. The van der Waals surface area contributed by atoms with Gasteiger partial charge in [0, 0.05) is 19.3 Å². The topological polar surface area (TPSA) is 21.3 Å². The number of unbranched alkanes of at least 4 members (excludes halogenated alkanes) is 3. The molecule has 2 nitrogen and oxygen atoms in total. The van der Waals surface area contributed by atoms with Crippen LogP contribution in [-0.4, -0.2) is 25.8 Å². The maximum Gasteiger partial charge on any atom is 0.0466 e. The number of ether oxygens (including phenoxy) is 1. The molecule has 0 aliphatic heterocycles. The minimum absolute atomic E-state index is 0.684. The van der Waals surface area contributed by atoms with Crippen molar-refractivity contribution < 1.29 is 4.74 Å². The van der Waals surface area contributed by atoms with E-state index in [1.807, 2.05) is 6.08 Å². The summed E-state index contributed by atoms with van der Waals surface area (Å²) in [5, 5.41) is 3.57. The lowest BCUT2D eigenvalue weighted by molar-refractivity contribution is 0.140. The van der Waals surface area contributed by atoms with Crippen LogP contribution in [0, 0.1) is 0 Å². The summed E-state index contributed by atoms with van der Waals surface area (Å²) in [5.74, 6) is 0. The Labute approximate surface area is 108 Å². The van der Waals surface area contributed by atoms with E-state index in [-0.39, 0.29) is 0 Å². The second kappa shape index (κ2) is 13.7. The molecular formula is C15H31NO. The predicted octanol–water partition coefficient (Wildman–Crippen LogP) is 3.92. The lowest BCUT2D eigenvalue weighted by Gasteiger charge is -2.17. The normalized spacial score (nSPS) is 12.6. The third-order valence-corrected chi connectivity index (χ3v) is 3.00. The molecule has 0 rings (SSSR count). The Bertz CT molecular complexity index is 159. The van der Waals surface area contributed by atoms with Crippen LogP contribution in [0.25, 0.3) is 0 Å². The number of nitrogens with one attached hydrogen (secondary N) is 1. The highest BCUT2D eigenvalue weighted by Crippen LogP contribution is 2.10. The molecule has 1 atom stereocenters. The van der Waals surface area contributed by atoms with Gasteiger partial charge >= 0.3 is 0 Å². The van der Waals surface area contributed by atoms with Gasteiger partial charge in [-0.3, -0.25) is 0 Å². The van der Waals surface area contributed by atoms with Crippen molar-refractivity contribution in [1.29, 1.82) is 0 Å². The molecule has 17 heavy (non-hydrogen) atoms. The van der Waals surface area contributed by atoms with Gasteiger partial charge in [0.1, 0.15) is 0 Å². The Morgan fingerprint density at radius 1 is 1.12 bits per heavy atom. The monoisotopic (exact) mass is 241 g/mol. The van der Waals surface area contributed by atoms with Crippen LogP contribution in [0.2, 0.25) is 0 Å². The van der Waals surface area contributed by atoms with E-state index in [2.05, 4.69) is 25.7 Å². The molecule has 0 aliphatic carbocycles. The van der Waals surface area contributed by atoms with Crippen molar-refractivity contribution in [1.82, 2.24) is 5.32 Å². The number of hydrogen-bond acceptors (Lipinski definition) is 2. The Hall–Kier alpha value is -0.340. The lowest BCUT2D eigenvalue weighted by Crippen LogP contribution is -2.29. The van der Waals surface area contributed by atoms with Crippen LogP contribution in [0.1, 0.15) is 58.8 Å². The summed E-state index contributed by atoms with van der Waals surface area (Å²) < 4.78 is 5.38. The van der Waals surface area contributed by atoms with Gasteiger partial charge < -0.3 is 10.1 Å². The quantitative estimate of drug-likeness (QED) is 0.390.